The molecule has 5 rings (SSSR count). The van der Waals surface area contributed by atoms with Gasteiger partial charge in [-0.25, -0.2) is 0 Å². The number of amides is 2. The van der Waals surface area contributed by atoms with Crippen molar-refractivity contribution >= 4 is 35.3 Å². The van der Waals surface area contributed by atoms with E-state index >= 15 is 0 Å². The normalized spacial score (nSPS) is 13.8. The lowest BCUT2D eigenvalue weighted by Crippen LogP contribution is -2.34. The molecule has 4 aromatic carbocycles. The predicted octanol–water partition coefficient (Wildman–Crippen LogP) is 6.61. The number of carbonyl (C=O) groups is 2. The first-order valence-electron chi connectivity index (χ1n) is 12.4. The number of thioether (sulfide) groups is 1. The summed E-state index contributed by atoms with van der Waals surface area (Å²) in [4.78, 5) is 30.2. The Bertz CT molecular complexity index is 1510. The minimum atomic E-state index is -0.211. The molecule has 1 aliphatic rings. The molecule has 6 heteroatoms. The number of hydrogen-bond donors (Lipinski definition) is 1. The van der Waals surface area contributed by atoms with Crippen molar-refractivity contribution in [3.63, 3.8) is 0 Å². The molecule has 0 saturated carbocycles. The third-order valence-corrected chi connectivity index (χ3v) is 7.42. The smallest absolute Gasteiger partial charge is 0.265 e. The van der Waals surface area contributed by atoms with Crippen molar-refractivity contribution in [1.29, 1.82) is 0 Å². The summed E-state index contributed by atoms with van der Waals surface area (Å²) in [6, 6.07) is 31.1. The second kappa shape index (κ2) is 11.4. The number of aryl methyl sites for hydroxylation is 1. The van der Waals surface area contributed by atoms with E-state index in [-0.39, 0.29) is 11.8 Å². The summed E-state index contributed by atoms with van der Waals surface area (Å²) < 4.78 is 5.40. The van der Waals surface area contributed by atoms with E-state index in [1.807, 2.05) is 104 Å². The van der Waals surface area contributed by atoms with Crippen LogP contribution in [0.3, 0.4) is 0 Å². The van der Waals surface area contributed by atoms with Gasteiger partial charge in [-0.15, -0.1) is 0 Å². The minimum Gasteiger partial charge on any atom is -0.496 e. The second-order valence-corrected chi connectivity index (χ2v) is 10.2. The molecule has 0 fully saturated rings. The van der Waals surface area contributed by atoms with Crippen LogP contribution in [0.2, 0.25) is 0 Å². The summed E-state index contributed by atoms with van der Waals surface area (Å²) in [6.07, 6.45) is 1.92. The molecule has 5 nitrogen and oxygen atoms in total. The summed E-state index contributed by atoms with van der Waals surface area (Å²) in [5.74, 6) is 0.430. The number of benzene rings is 4. The first kappa shape index (κ1) is 25.4. The van der Waals surface area contributed by atoms with Gasteiger partial charge in [0.1, 0.15) is 5.75 Å². The van der Waals surface area contributed by atoms with E-state index in [4.69, 9.17) is 4.74 Å². The van der Waals surface area contributed by atoms with Crippen LogP contribution < -0.4 is 15.0 Å². The number of anilines is 1. The number of rotatable bonds is 7. The lowest BCUT2D eigenvalue weighted by atomic mass is 10.1. The first-order valence-corrected chi connectivity index (χ1v) is 13.2. The Morgan fingerprint density at radius 1 is 0.947 bits per heavy atom. The van der Waals surface area contributed by atoms with Gasteiger partial charge >= 0.3 is 0 Å². The Labute approximate surface area is 227 Å². The topological polar surface area (TPSA) is 58.6 Å². The van der Waals surface area contributed by atoms with Crippen molar-refractivity contribution < 1.29 is 14.3 Å². The number of nitrogens with one attached hydrogen (secondary N) is 1. The third-order valence-electron chi connectivity index (χ3n) is 6.34. The summed E-state index contributed by atoms with van der Waals surface area (Å²) >= 11 is 1.43. The van der Waals surface area contributed by atoms with Gasteiger partial charge in [-0.3, -0.25) is 9.59 Å². The van der Waals surface area contributed by atoms with Crippen molar-refractivity contribution in [2.75, 3.05) is 12.0 Å². The van der Waals surface area contributed by atoms with Gasteiger partial charge in [0.15, 0.2) is 0 Å². The van der Waals surface area contributed by atoms with Crippen LogP contribution in [0.1, 0.15) is 32.6 Å². The molecule has 0 saturated heterocycles. The summed E-state index contributed by atoms with van der Waals surface area (Å²) in [7, 11) is 1.61. The SMILES string of the molecule is COc1ccccc1CNC(=O)c1ccc2c(c1)N(Cc1cccc(C)c1)C(=O)/C(=C/c1ccccc1)S2. The van der Waals surface area contributed by atoms with Crippen LogP contribution in [0.15, 0.2) is 107 Å². The monoisotopic (exact) mass is 520 g/mol. The molecule has 1 N–H and O–H groups in total. The molecule has 1 heterocycles. The molecule has 190 valence electrons. The number of carbonyl (C=O) groups excluding carboxylic acids is 2. The quantitative estimate of drug-likeness (QED) is 0.279. The van der Waals surface area contributed by atoms with Gasteiger partial charge in [0, 0.05) is 22.6 Å². The van der Waals surface area contributed by atoms with Gasteiger partial charge < -0.3 is 15.0 Å². The fourth-order valence-corrected chi connectivity index (χ4v) is 5.47. The zero-order valence-corrected chi connectivity index (χ0v) is 22.1. The van der Waals surface area contributed by atoms with E-state index in [2.05, 4.69) is 11.4 Å². The number of para-hydroxylation sites is 1. The molecule has 1 aliphatic heterocycles. The number of fused-ring (bicyclic) bond motifs is 1. The van der Waals surface area contributed by atoms with Crippen LogP contribution >= 0.6 is 11.8 Å². The van der Waals surface area contributed by atoms with Crippen LogP contribution in [-0.4, -0.2) is 18.9 Å². The number of nitrogens with zero attached hydrogens (tertiary/aromatic N) is 1. The van der Waals surface area contributed by atoms with E-state index in [9.17, 15) is 9.59 Å². The van der Waals surface area contributed by atoms with E-state index in [0.29, 0.717) is 23.6 Å². The fraction of sp³-hybridized carbons (Fsp3) is 0.125. The van der Waals surface area contributed by atoms with Gasteiger partial charge in [-0.1, -0.05) is 90.1 Å². The maximum Gasteiger partial charge on any atom is 0.265 e. The summed E-state index contributed by atoms with van der Waals surface area (Å²) in [5.41, 5.74) is 5.25. The maximum atomic E-state index is 13.8. The average molecular weight is 521 g/mol. The maximum absolute atomic E-state index is 13.8. The molecule has 0 unspecified atom stereocenters. The minimum absolute atomic E-state index is 0.0839. The molecule has 0 atom stereocenters. The Balaban J connectivity index is 1.46. The first-order chi connectivity index (χ1) is 18.5. The molecule has 0 bridgehead atoms. The van der Waals surface area contributed by atoms with Crippen molar-refractivity contribution in [3.8, 4) is 5.75 Å². The van der Waals surface area contributed by atoms with Crippen LogP contribution in [0.4, 0.5) is 5.69 Å². The molecule has 0 aliphatic carbocycles. The van der Waals surface area contributed by atoms with E-state index < -0.39 is 0 Å². The molecule has 0 aromatic heterocycles. The van der Waals surface area contributed by atoms with Gasteiger partial charge in [0.25, 0.3) is 11.8 Å². The van der Waals surface area contributed by atoms with Crippen LogP contribution in [0, 0.1) is 6.92 Å². The van der Waals surface area contributed by atoms with Gasteiger partial charge in [-0.05, 0) is 48.4 Å². The highest BCUT2D eigenvalue weighted by atomic mass is 32.2. The summed E-state index contributed by atoms with van der Waals surface area (Å²) in [5, 5.41) is 2.98. The molecule has 0 radical (unpaired) electrons. The van der Waals surface area contributed by atoms with Crippen LogP contribution in [0.5, 0.6) is 5.75 Å². The lowest BCUT2D eigenvalue weighted by molar-refractivity contribution is -0.114. The van der Waals surface area contributed by atoms with Crippen molar-refractivity contribution in [2.24, 2.45) is 0 Å². The van der Waals surface area contributed by atoms with E-state index in [0.717, 1.165) is 38.6 Å². The van der Waals surface area contributed by atoms with Crippen molar-refractivity contribution in [3.05, 3.63) is 130 Å². The van der Waals surface area contributed by atoms with Crippen molar-refractivity contribution in [2.45, 2.75) is 24.9 Å². The molecule has 38 heavy (non-hydrogen) atoms. The van der Waals surface area contributed by atoms with Gasteiger partial charge in [0.05, 0.1) is 24.2 Å². The zero-order chi connectivity index (χ0) is 26.5. The molecular formula is C32H28N2O3S. The Kier molecular flexibility index (Phi) is 7.61. The van der Waals surface area contributed by atoms with E-state index in [1.54, 1.807) is 12.0 Å². The standard InChI is InChI=1S/C32H28N2O3S/c1-22-9-8-12-24(17-22)21-34-27-19-25(31(35)33-20-26-13-6-7-14-28(26)37-2)15-16-29(27)38-30(32(34)36)18-23-10-4-3-5-11-23/h3-19H,20-21H2,1-2H3,(H,33,35)/b30-18-. The lowest BCUT2D eigenvalue weighted by Gasteiger charge is -2.31. The van der Waals surface area contributed by atoms with E-state index in [1.165, 1.54) is 11.8 Å². The predicted molar refractivity (Wildman–Crippen MR) is 153 cm³/mol. The zero-order valence-electron chi connectivity index (χ0n) is 21.3. The highest BCUT2D eigenvalue weighted by Crippen LogP contribution is 2.43. The average Bonchev–Trinajstić information content (AvgIpc) is 2.94. The highest BCUT2D eigenvalue weighted by molar-refractivity contribution is 8.04. The molecule has 4 aromatic rings. The van der Waals surface area contributed by atoms with Gasteiger partial charge in [0.2, 0.25) is 0 Å². The molecule has 2 amide bonds. The molecule has 0 spiro atoms. The number of methoxy groups -OCH3 is 1. The third kappa shape index (κ3) is 5.66. The van der Waals surface area contributed by atoms with Crippen LogP contribution in [0.25, 0.3) is 6.08 Å². The Morgan fingerprint density at radius 3 is 2.53 bits per heavy atom. The second-order valence-electron chi connectivity index (χ2n) is 9.08. The Morgan fingerprint density at radius 2 is 1.74 bits per heavy atom. The van der Waals surface area contributed by atoms with Gasteiger partial charge in [-0.2, -0.15) is 0 Å². The number of hydrogen-bond acceptors (Lipinski definition) is 4. The fourth-order valence-electron chi connectivity index (χ4n) is 4.43. The largest absolute Gasteiger partial charge is 0.496 e. The summed E-state index contributed by atoms with van der Waals surface area (Å²) in [6.45, 7) is 2.79. The number of ether oxygens (including phenoxy) is 1. The highest BCUT2D eigenvalue weighted by Gasteiger charge is 2.30. The molecular weight excluding hydrogens is 492 g/mol. The Hall–Kier alpha value is -4.29. The van der Waals surface area contributed by atoms with Crippen molar-refractivity contribution in [1.82, 2.24) is 5.32 Å². The van der Waals surface area contributed by atoms with Crippen LogP contribution in [-0.2, 0) is 17.9 Å².